The lowest BCUT2D eigenvalue weighted by Gasteiger charge is -2.15. The fourth-order valence-electron chi connectivity index (χ4n) is 0.621. The molecule has 0 heterocycles. The van der Waals surface area contributed by atoms with E-state index in [1.165, 1.54) is 0 Å². The Morgan fingerprint density at radius 1 is 0.917 bits per heavy atom. The Kier molecular flexibility index (Phi) is 5.12. The van der Waals surface area contributed by atoms with Crippen molar-refractivity contribution < 1.29 is 27.1 Å². The van der Waals surface area contributed by atoms with Crippen molar-refractivity contribution in [3.05, 3.63) is 0 Å². The molecule has 12 heavy (non-hydrogen) atoms. The van der Waals surface area contributed by atoms with E-state index in [9.17, 15) is 22.0 Å². The van der Waals surface area contributed by atoms with Crippen molar-refractivity contribution in [2.24, 2.45) is 0 Å². The number of rotatable bonds is 5. The molecule has 1 nitrogen and oxygen atoms in total. The summed E-state index contributed by atoms with van der Waals surface area (Å²) < 4.78 is 59.5. The second-order valence-electron chi connectivity index (χ2n) is 2.25. The summed E-state index contributed by atoms with van der Waals surface area (Å²) in [5, 5.41) is 8.09. The first-order valence-electron chi connectivity index (χ1n) is 3.32. The molecule has 0 aromatic rings. The summed E-state index contributed by atoms with van der Waals surface area (Å²) in [7, 11) is 0. The third-order valence-electron chi connectivity index (χ3n) is 1.30. The molecule has 6 heteroatoms. The number of halogens is 5. The monoisotopic (exact) mass is 192 g/mol. The summed E-state index contributed by atoms with van der Waals surface area (Å²) in [6, 6.07) is 0. The lowest BCUT2D eigenvalue weighted by Crippen LogP contribution is -2.33. The van der Waals surface area contributed by atoms with E-state index in [4.69, 9.17) is 5.11 Å². The van der Waals surface area contributed by atoms with Crippen molar-refractivity contribution in [1.82, 2.24) is 0 Å². The maximum atomic E-state index is 12.3. The van der Waals surface area contributed by atoms with Gasteiger partial charge in [0.25, 0.3) is 6.43 Å². The first-order chi connectivity index (χ1) is 5.50. The van der Waals surface area contributed by atoms with Crippen LogP contribution in [-0.2, 0) is 0 Å². The van der Waals surface area contributed by atoms with Gasteiger partial charge in [0, 0.05) is 13.0 Å². The quantitative estimate of drug-likeness (QED) is 0.656. The number of aliphatic hydroxyl groups is 1. The molecule has 3 unspecified atom stereocenters. The van der Waals surface area contributed by atoms with Gasteiger partial charge in [0.05, 0.1) is 0 Å². The first-order valence-corrected chi connectivity index (χ1v) is 3.32. The fraction of sp³-hybridized carbons (Fsp3) is 1.00. The Balaban J connectivity index is 3.90. The number of aliphatic hydroxyl groups excluding tert-OH is 1. The second-order valence-corrected chi connectivity index (χ2v) is 2.25. The summed E-state index contributed by atoms with van der Waals surface area (Å²) in [6.45, 7) is -0.697. The van der Waals surface area contributed by atoms with E-state index in [0.29, 0.717) is 0 Å². The minimum Gasteiger partial charge on any atom is -0.396 e. The van der Waals surface area contributed by atoms with Gasteiger partial charge in [-0.2, -0.15) is 0 Å². The standard InChI is InChI=1S/C6H9F5O/c7-3(1-2-12)4(8)5(9)6(10)11/h3-6,12H,1-2H2. The van der Waals surface area contributed by atoms with E-state index < -0.39 is 38.0 Å². The molecule has 0 saturated heterocycles. The van der Waals surface area contributed by atoms with Crippen LogP contribution in [0.25, 0.3) is 0 Å². The van der Waals surface area contributed by atoms with Gasteiger partial charge in [0.2, 0.25) is 0 Å². The summed E-state index contributed by atoms with van der Waals surface area (Å²) in [5.74, 6) is 0. The Bertz CT molecular complexity index is 121. The zero-order valence-electron chi connectivity index (χ0n) is 6.06. The Morgan fingerprint density at radius 2 is 1.42 bits per heavy atom. The van der Waals surface area contributed by atoms with E-state index >= 15 is 0 Å². The molecule has 0 aromatic carbocycles. The van der Waals surface area contributed by atoms with Crippen molar-refractivity contribution in [3.8, 4) is 0 Å². The number of alkyl halides is 5. The van der Waals surface area contributed by atoms with E-state index in [-0.39, 0.29) is 0 Å². The van der Waals surface area contributed by atoms with Gasteiger partial charge in [-0.15, -0.1) is 0 Å². The molecule has 0 radical (unpaired) electrons. The minimum atomic E-state index is -3.53. The maximum Gasteiger partial charge on any atom is 0.272 e. The van der Waals surface area contributed by atoms with Gasteiger partial charge in [0.1, 0.15) is 6.17 Å². The Hall–Kier alpha value is -0.390. The van der Waals surface area contributed by atoms with E-state index in [0.717, 1.165) is 0 Å². The van der Waals surface area contributed by atoms with E-state index in [1.807, 2.05) is 0 Å². The highest BCUT2D eigenvalue weighted by atomic mass is 19.3. The van der Waals surface area contributed by atoms with Crippen molar-refractivity contribution in [2.45, 2.75) is 31.4 Å². The van der Waals surface area contributed by atoms with Crippen LogP contribution in [-0.4, -0.2) is 36.7 Å². The number of hydrogen-bond donors (Lipinski definition) is 1. The molecule has 1 N–H and O–H groups in total. The predicted octanol–water partition coefficient (Wildman–Crippen LogP) is 1.65. The van der Waals surface area contributed by atoms with Crippen molar-refractivity contribution in [3.63, 3.8) is 0 Å². The van der Waals surface area contributed by atoms with Crippen LogP contribution < -0.4 is 0 Å². The molecular weight excluding hydrogens is 183 g/mol. The molecule has 0 bridgehead atoms. The normalized spacial score (nSPS) is 19.2. The van der Waals surface area contributed by atoms with Gasteiger partial charge in [0.15, 0.2) is 12.3 Å². The fourth-order valence-corrected chi connectivity index (χ4v) is 0.621. The van der Waals surface area contributed by atoms with Crippen LogP contribution in [0, 0.1) is 0 Å². The van der Waals surface area contributed by atoms with Gasteiger partial charge >= 0.3 is 0 Å². The Labute approximate surface area is 66.2 Å². The van der Waals surface area contributed by atoms with Crippen LogP contribution in [0.2, 0.25) is 0 Å². The third-order valence-corrected chi connectivity index (χ3v) is 1.30. The summed E-state index contributed by atoms with van der Waals surface area (Å²) in [5.41, 5.74) is 0. The summed E-state index contributed by atoms with van der Waals surface area (Å²) >= 11 is 0. The zero-order chi connectivity index (χ0) is 9.72. The van der Waals surface area contributed by atoms with Crippen molar-refractivity contribution in [1.29, 1.82) is 0 Å². The molecule has 0 aliphatic carbocycles. The van der Waals surface area contributed by atoms with Gasteiger partial charge in [-0.05, 0) is 0 Å². The summed E-state index contributed by atoms with van der Waals surface area (Å²) in [6.07, 6.45) is -12.6. The molecule has 0 spiro atoms. The largest absolute Gasteiger partial charge is 0.396 e. The molecule has 0 saturated carbocycles. The molecule has 0 aromatic heterocycles. The van der Waals surface area contributed by atoms with Crippen LogP contribution in [0.4, 0.5) is 22.0 Å². The molecular formula is C6H9F5O. The smallest absolute Gasteiger partial charge is 0.272 e. The van der Waals surface area contributed by atoms with Crippen LogP contribution in [0.15, 0.2) is 0 Å². The van der Waals surface area contributed by atoms with Crippen LogP contribution in [0.3, 0.4) is 0 Å². The average Bonchev–Trinajstić information content (AvgIpc) is 2.02. The topological polar surface area (TPSA) is 20.2 Å². The first kappa shape index (κ1) is 11.6. The lowest BCUT2D eigenvalue weighted by molar-refractivity contribution is -0.0270. The SMILES string of the molecule is OCCC(F)C(F)C(F)C(F)F. The van der Waals surface area contributed by atoms with Gasteiger partial charge in [-0.1, -0.05) is 0 Å². The molecule has 0 rings (SSSR count). The molecule has 74 valence electrons. The summed E-state index contributed by atoms with van der Waals surface area (Å²) in [4.78, 5) is 0. The second kappa shape index (κ2) is 5.29. The van der Waals surface area contributed by atoms with Crippen LogP contribution in [0.5, 0.6) is 0 Å². The molecule has 0 aliphatic heterocycles. The average molecular weight is 192 g/mol. The molecule has 0 amide bonds. The third kappa shape index (κ3) is 3.34. The van der Waals surface area contributed by atoms with Gasteiger partial charge in [-0.25, -0.2) is 22.0 Å². The number of hydrogen-bond acceptors (Lipinski definition) is 1. The molecule has 0 aliphatic rings. The Morgan fingerprint density at radius 3 is 1.75 bits per heavy atom. The predicted molar refractivity (Wildman–Crippen MR) is 32.4 cm³/mol. The van der Waals surface area contributed by atoms with Gasteiger partial charge < -0.3 is 5.11 Å². The van der Waals surface area contributed by atoms with E-state index in [1.54, 1.807) is 0 Å². The van der Waals surface area contributed by atoms with Crippen LogP contribution >= 0.6 is 0 Å². The minimum absolute atomic E-state index is 0.672. The molecule has 3 atom stereocenters. The zero-order valence-corrected chi connectivity index (χ0v) is 6.06. The highest BCUT2D eigenvalue weighted by molar-refractivity contribution is 4.77. The maximum absolute atomic E-state index is 12.3. The van der Waals surface area contributed by atoms with Gasteiger partial charge in [-0.3, -0.25) is 0 Å². The van der Waals surface area contributed by atoms with Crippen molar-refractivity contribution >= 4 is 0 Å². The highest BCUT2D eigenvalue weighted by Crippen LogP contribution is 2.19. The van der Waals surface area contributed by atoms with Crippen molar-refractivity contribution in [2.75, 3.05) is 6.61 Å². The van der Waals surface area contributed by atoms with Crippen LogP contribution in [0.1, 0.15) is 6.42 Å². The molecule has 0 fully saturated rings. The lowest BCUT2D eigenvalue weighted by atomic mass is 10.1. The van der Waals surface area contributed by atoms with E-state index in [2.05, 4.69) is 0 Å². The highest BCUT2D eigenvalue weighted by Gasteiger charge is 2.35.